The van der Waals surface area contributed by atoms with Gasteiger partial charge in [-0.3, -0.25) is 9.59 Å². The molecule has 0 fully saturated rings. The molecule has 0 saturated heterocycles. The smallest absolute Gasteiger partial charge is 0.261 e. The number of unbranched alkanes of at least 4 members (excludes halogenated alkanes) is 1. The molecule has 0 aliphatic heterocycles. The first kappa shape index (κ1) is 25.4. The van der Waals surface area contributed by atoms with Crippen molar-refractivity contribution in [3.63, 3.8) is 0 Å². The van der Waals surface area contributed by atoms with Crippen molar-refractivity contribution in [3.05, 3.63) is 65.2 Å². The minimum atomic E-state index is -0.592. The molecular weight excluding hydrogens is 400 g/mol. The van der Waals surface area contributed by atoms with Crippen molar-refractivity contribution in [1.82, 2.24) is 10.2 Å². The molecule has 2 aromatic rings. The molecular formula is C27H38N2O3. The van der Waals surface area contributed by atoms with Gasteiger partial charge in [0.05, 0.1) is 0 Å². The molecule has 0 spiro atoms. The maximum absolute atomic E-state index is 13.2. The fraction of sp³-hybridized carbons (Fsp3) is 0.481. The number of amides is 2. The van der Waals surface area contributed by atoms with E-state index in [-0.39, 0.29) is 23.8 Å². The van der Waals surface area contributed by atoms with E-state index in [9.17, 15) is 9.59 Å². The first-order valence-electron chi connectivity index (χ1n) is 11.5. The predicted molar refractivity (Wildman–Crippen MR) is 130 cm³/mol. The Balaban J connectivity index is 2.12. The van der Waals surface area contributed by atoms with Crippen LogP contribution >= 0.6 is 0 Å². The lowest BCUT2D eigenvalue weighted by Crippen LogP contribution is -2.49. The highest BCUT2D eigenvalue weighted by molar-refractivity contribution is 5.88. The Labute approximate surface area is 193 Å². The third-order valence-corrected chi connectivity index (χ3v) is 5.68. The molecule has 0 aliphatic carbocycles. The second kappa shape index (κ2) is 11.7. The zero-order valence-electron chi connectivity index (χ0n) is 20.4. The van der Waals surface area contributed by atoms with Crippen LogP contribution in [0.5, 0.6) is 5.75 Å². The van der Waals surface area contributed by atoms with Gasteiger partial charge in [0.15, 0.2) is 6.61 Å². The summed E-state index contributed by atoms with van der Waals surface area (Å²) in [6.45, 7) is 13.2. The molecule has 2 aromatic carbocycles. The minimum absolute atomic E-state index is 0.0548. The average molecular weight is 439 g/mol. The van der Waals surface area contributed by atoms with Gasteiger partial charge in [-0.2, -0.15) is 0 Å². The number of hydrogen-bond acceptors (Lipinski definition) is 3. The van der Waals surface area contributed by atoms with Gasteiger partial charge in [-0.1, -0.05) is 70.5 Å². The summed E-state index contributed by atoms with van der Waals surface area (Å²) in [6, 6.07) is 15.1. The van der Waals surface area contributed by atoms with Gasteiger partial charge >= 0.3 is 0 Å². The van der Waals surface area contributed by atoms with Crippen molar-refractivity contribution in [2.24, 2.45) is 0 Å². The Kier molecular flexibility index (Phi) is 9.30. The molecule has 2 amide bonds. The van der Waals surface area contributed by atoms with E-state index in [1.807, 2.05) is 55.5 Å². The highest BCUT2D eigenvalue weighted by Gasteiger charge is 2.26. The van der Waals surface area contributed by atoms with Crippen LogP contribution < -0.4 is 10.1 Å². The van der Waals surface area contributed by atoms with Crippen molar-refractivity contribution < 1.29 is 14.3 Å². The lowest BCUT2D eigenvalue weighted by molar-refractivity contribution is -0.142. The van der Waals surface area contributed by atoms with E-state index in [0.717, 1.165) is 24.0 Å². The largest absolute Gasteiger partial charge is 0.484 e. The predicted octanol–water partition coefficient (Wildman–Crippen LogP) is 5.00. The molecule has 0 aromatic heterocycles. The van der Waals surface area contributed by atoms with Gasteiger partial charge in [0.1, 0.15) is 11.8 Å². The summed E-state index contributed by atoms with van der Waals surface area (Å²) in [5.41, 5.74) is 3.36. The normalized spacial score (nSPS) is 12.2. The number of carbonyl (C=O) groups is 2. The first-order valence-corrected chi connectivity index (χ1v) is 11.5. The zero-order chi connectivity index (χ0) is 23.7. The van der Waals surface area contributed by atoms with E-state index in [0.29, 0.717) is 18.8 Å². The molecule has 1 atom stereocenters. The van der Waals surface area contributed by atoms with Crippen molar-refractivity contribution in [2.45, 2.75) is 72.4 Å². The van der Waals surface area contributed by atoms with Gasteiger partial charge in [-0.25, -0.2) is 0 Å². The van der Waals surface area contributed by atoms with Crippen LogP contribution in [-0.4, -0.2) is 35.9 Å². The number of rotatable bonds is 10. The fourth-order valence-corrected chi connectivity index (χ4v) is 3.37. The van der Waals surface area contributed by atoms with E-state index in [1.165, 1.54) is 5.56 Å². The van der Waals surface area contributed by atoms with Gasteiger partial charge in [0.25, 0.3) is 5.91 Å². The standard InChI is InChI=1S/C27H38N2O3/c1-7-8-17-28-26(31)21(3)29(18-22-12-10-9-11-20(22)2)25(30)19-32-24-15-13-23(14-16-24)27(4,5)6/h9-16,21H,7-8,17-19H2,1-6H3,(H,28,31)/t21-/m0/s1. The van der Waals surface area contributed by atoms with E-state index < -0.39 is 6.04 Å². The zero-order valence-corrected chi connectivity index (χ0v) is 20.4. The van der Waals surface area contributed by atoms with E-state index in [4.69, 9.17) is 4.74 Å². The quantitative estimate of drug-likeness (QED) is 0.531. The van der Waals surface area contributed by atoms with Crippen LogP contribution in [0.2, 0.25) is 0 Å². The number of aryl methyl sites for hydroxylation is 1. The molecule has 1 N–H and O–H groups in total. The molecule has 5 heteroatoms. The van der Waals surface area contributed by atoms with Gasteiger partial charge in [-0.15, -0.1) is 0 Å². The number of carbonyl (C=O) groups excluding carboxylic acids is 2. The van der Waals surface area contributed by atoms with Crippen LogP contribution in [0.1, 0.15) is 64.2 Å². The molecule has 5 nitrogen and oxygen atoms in total. The van der Waals surface area contributed by atoms with Crippen molar-refractivity contribution in [3.8, 4) is 5.75 Å². The second-order valence-corrected chi connectivity index (χ2v) is 9.33. The molecule has 0 unspecified atom stereocenters. The topological polar surface area (TPSA) is 58.6 Å². The summed E-state index contributed by atoms with van der Waals surface area (Å²) in [5.74, 6) is 0.281. The third kappa shape index (κ3) is 7.40. The molecule has 0 aliphatic rings. The van der Waals surface area contributed by atoms with Crippen LogP contribution in [0.4, 0.5) is 0 Å². The maximum atomic E-state index is 13.2. The molecule has 0 heterocycles. The molecule has 174 valence electrons. The third-order valence-electron chi connectivity index (χ3n) is 5.68. The van der Waals surface area contributed by atoms with Crippen molar-refractivity contribution >= 4 is 11.8 Å². The van der Waals surface area contributed by atoms with Crippen LogP contribution in [0.3, 0.4) is 0 Å². The lowest BCUT2D eigenvalue weighted by atomic mass is 9.87. The summed E-state index contributed by atoms with van der Waals surface area (Å²) in [5, 5.41) is 2.94. The summed E-state index contributed by atoms with van der Waals surface area (Å²) < 4.78 is 5.79. The Bertz CT molecular complexity index is 885. The Morgan fingerprint density at radius 3 is 2.31 bits per heavy atom. The van der Waals surface area contributed by atoms with Crippen LogP contribution in [0.25, 0.3) is 0 Å². The van der Waals surface area contributed by atoms with E-state index in [1.54, 1.807) is 11.8 Å². The fourth-order valence-electron chi connectivity index (χ4n) is 3.37. The van der Waals surface area contributed by atoms with Crippen LogP contribution in [0, 0.1) is 6.92 Å². The molecule has 2 rings (SSSR count). The van der Waals surface area contributed by atoms with Gasteiger partial charge in [-0.05, 0) is 54.5 Å². The van der Waals surface area contributed by atoms with Crippen LogP contribution in [-0.2, 0) is 21.5 Å². The molecule has 0 radical (unpaired) electrons. The second-order valence-electron chi connectivity index (χ2n) is 9.33. The summed E-state index contributed by atoms with van der Waals surface area (Å²) in [6.07, 6.45) is 1.92. The van der Waals surface area contributed by atoms with Gasteiger partial charge in [0.2, 0.25) is 5.91 Å². The number of hydrogen-bond donors (Lipinski definition) is 1. The highest BCUT2D eigenvalue weighted by atomic mass is 16.5. The minimum Gasteiger partial charge on any atom is -0.484 e. The van der Waals surface area contributed by atoms with Crippen molar-refractivity contribution in [1.29, 1.82) is 0 Å². The SMILES string of the molecule is CCCCNC(=O)[C@H](C)N(Cc1ccccc1C)C(=O)COc1ccc(C(C)(C)C)cc1. The van der Waals surface area contributed by atoms with Gasteiger partial charge in [0, 0.05) is 13.1 Å². The average Bonchev–Trinajstić information content (AvgIpc) is 2.76. The first-order chi connectivity index (χ1) is 15.1. The van der Waals surface area contributed by atoms with Gasteiger partial charge < -0.3 is 15.0 Å². The number of benzene rings is 2. The Hall–Kier alpha value is -2.82. The molecule has 0 bridgehead atoms. The summed E-state index contributed by atoms with van der Waals surface area (Å²) in [4.78, 5) is 27.5. The monoisotopic (exact) mass is 438 g/mol. The highest BCUT2D eigenvalue weighted by Crippen LogP contribution is 2.24. The summed E-state index contributed by atoms with van der Waals surface area (Å²) >= 11 is 0. The Morgan fingerprint density at radius 1 is 1.06 bits per heavy atom. The lowest BCUT2D eigenvalue weighted by Gasteiger charge is -2.29. The molecule has 32 heavy (non-hydrogen) atoms. The van der Waals surface area contributed by atoms with E-state index >= 15 is 0 Å². The number of nitrogens with zero attached hydrogens (tertiary/aromatic N) is 1. The Morgan fingerprint density at radius 2 is 1.72 bits per heavy atom. The van der Waals surface area contributed by atoms with Crippen molar-refractivity contribution in [2.75, 3.05) is 13.2 Å². The number of nitrogens with one attached hydrogen (secondary N) is 1. The van der Waals surface area contributed by atoms with E-state index in [2.05, 4.69) is 33.0 Å². The summed E-state index contributed by atoms with van der Waals surface area (Å²) in [7, 11) is 0. The number of ether oxygens (including phenoxy) is 1. The van der Waals surface area contributed by atoms with Crippen LogP contribution in [0.15, 0.2) is 48.5 Å². The molecule has 0 saturated carbocycles. The maximum Gasteiger partial charge on any atom is 0.261 e.